The molecule has 0 radical (unpaired) electrons. The number of benzene rings is 1. The van der Waals surface area contributed by atoms with E-state index in [1.165, 1.54) is 0 Å². The number of nitrogens with one attached hydrogen (secondary N) is 1. The Morgan fingerprint density at radius 1 is 1.59 bits per heavy atom. The summed E-state index contributed by atoms with van der Waals surface area (Å²) >= 11 is 5.97. The highest BCUT2D eigenvalue weighted by Gasteiger charge is 2.24. The highest BCUT2D eigenvalue weighted by Crippen LogP contribution is 2.25. The number of carbonyl (C=O) groups excluding carboxylic acids is 1. The van der Waals surface area contributed by atoms with Gasteiger partial charge in [0.15, 0.2) is 0 Å². The molecular weight excluding hydrogens is 240 g/mol. The normalized spacial score (nSPS) is 20.3. The van der Waals surface area contributed by atoms with Gasteiger partial charge in [0.25, 0.3) is 0 Å². The fourth-order valence-corrected chi connectivity index (χ4v) is 2.20. The third kappa shape index (κ3) is 2.70. The Labute approximate surface area is 105 Å². The largest absolute Gasteiger partial charge is 0.394 e. The van der Waals surface area contributed by atoms with Crippen LogP contribution in [-0.2, 0) is 4.79 Å². The molecule has 1 saturated heterocycles. The highest BCUT2D eigenvalue weighted by molar-refractivity contribution is 6.30. The summed E-state index contributed by atoms with van der Waals surface area (Å²) < 4.78 is 0. The molecule has 0 bridgehead atoms. The molecule has 2 rings (SSSR count). The standard InChI is InChI=1S/C12H15ClN2O2/c1-8-2-3-9(13)4-11(8)15-5-10(7-16)14-12(17)6-15/h2-4,10,16H,5-7H2,1H3,(H,14,17). The Kier molecular flexibility index (Phi) is 3.54. The molecule has 4 nitrogen and oxygen atoms in total. The molecule has 0 spiro atoms. The van der Waals surface area contributed by atoms with Crippen LogP contribution < -0.4 is 10.2 Å². The fourth-order valence-electron chi connectivity index (χ4n) is 2.03. The van der Waals surface area contributed by atoms with Crippen molar-refractivity contribution in [1.29, 1.82) is 0 Å². The molecule has 5 heteroatoms. The number of aliphatic hydroxyl groups excluding tert-OH is 1. The van der Waals surface area contributed by atoms with Gasteiger partial charge in [0.2, 0.25) is 5.91 Å². The number of piperazine rings is 1. The minimum absolute atomic E-state index is 0.0537. The zero-order valence-electron chi connectivity index (χ0n) is 9.61. The molecule has 1 amide bonds. The van der Waals surface area contributed by atoms with Gasteiger partial charge in [0, 0.05) is 17.3 Å². The smallest absolute Gasteiger partial charge is 0.239 e. The number of carbonyl (C=O) groups is 1. The molecule has 1 aromatic carbocycles. The predicted molar refractivity (Wildman–Crippen MR) is 67.4 cm³/mol. The van der Waals surface area contributed by atoms with E-state index in [0.717, 1.165) is 11.3 Å². The van der Waals surface area contributed by atoms with Gasteiger partial charge in [0.1, 0.15) is 0 Å². The second-order valence-electron chi connectivity index (χ2n) is 4.26. The van der Waals surface area contributed by atoms with E-state index in [0.29, 0.717) is 18.1 Å². The van der Waals surface area contributed by atoms with Crippen LogP contribution in [-0.4, -0.2) is 36.8 Å². The number of rotatable bonds is 2. The summed E-state index contributed by atoms with van der Waals surface area (Å²) in [6.07, 6.45) is 0. The number of amides is 1. The first-order chi connectivity index (χ1) is 8.10. The average Bonchev–Trinajstić information content (AvgIpc) is 2.31. The maximum atomic E-state index is 11.5. The Hall–Kier alpha value is -1.26. The molecule has 0 saturated carbocycles. The summed E-state index contributed by atoms with van der Waals surface area (Å²) in [4.78, 5) is 13.5. The molecule has 92 valence electrons. The lowest BCUT2D eigenvalue weighted by Gasteiger charge is -2.34. The lowest BCUT2D eigenvalue weighted by Crippen LogP contribution is -2.55. The molecule has 0 aliphatic carbocycles. The van der Waals surface area contributed by atoms with E-state index >= 15 is 0 Å². The van der Waals surface area contributed by atoms with Gasteiger partial charge in [-0.15, -0.1) is 0 Å². The van der Waals surface area contributed by atoms with Crippen molar-refractivity contribution in [1.82, 2.24) is 5.32 Å². The summed E-state index contributed by atoms with van der Waals surface area (Å²) in [6, 6.07) is 5.39. The Morgan fingerprint density at radius 2 is 2.35 bits per heavy atom. The molecule has 1 fully saturated rings. The van der Waals surface area contributed by atoms with E-state index in [4.69, 9.17) is 16.7 Å². The average molecular weight is 255 g/mol. The molecule has 2 N–H and O–H groups in total. The topological polar surface area (TPSA) is 52.6 Å². The summed E-state index contributed by atoms with van der Waals surface area (Å²) in [5.74, 6) is -0.0744. The number of nitrogens with zero attached hydrogens (tertiary/aromatic N) is 1. The van der Waals surface area contributed by atoms with Gasteiger partial charge in [-0.05, 0) is 24.6 Å². The predicted octanol–water partition coefficient (Wildman–Crippen LogP) is 0.946. The monoisotopic (exact) mass is 254 g/mol. The number of aliphatic hydroxyl groups is 1. The Morgan fingerprint density at radius 3 is 3.06 bits per heavy atom. The Bertz CT molecular complexity index is 437. The quantitative estimate of drug-likeness (QED) is 0.826. The van der Waals surface area contributed by atoms with Gasteiger partial charge in [-0.25, -0.2) is 0 Å². The van der Waals surface area contributed by atoms with E-state index in [2.05, 4.69) is 5.32 Å². The van der Waals surface area contributed by atoms with Crippen LogP contribution >= 0.6 is 11.6 Å². The van der Waals surface area contributed by atoms with Gasteiger partial charge in [0.05, 0.1) is 19.2 Å². The van der Waals surface area contributed by atoms with E-state index in [1.807, 2.05) is 30.0 Å². The maximum absolute atomic E-state index is 11.5. The zero-order valence-corrected chi connectivity index (χ0v) is 10.4. The van der Waals surface area contributed by atoms with E-state index in [1.54, 1.807) is 0 Å². The van der Waals surface area contributed by atoms with E-state index < -0.39 is 0 Å². The van der Waals surface area contributed by atoms with E-state index in [-0.39, 0.29) is 18.6 Å². The number of anilines is 1. The SMILES string of the molecule is Cc1ccc(Cl)cc1N1CC(=O)NC(CO)C1. The van der Waals surface area contributed by atoms with Crippen LogP contribution in [0, 0.1) is 6.92 Å². The van der Waals surface area contributed by atoms with Crippen LogP contribution in [0.15, 0.2) is 18.2 Å². The van der Waals surface area contributed by atoms with Crippen molar-refractivity contribution in [2.45, 2.75) is 13.0 Å². The van der Waals surface area contributed by atoms with Gasteiger partial charge in [-0.3, -0.25) is 4.79 Å². The third-order valence-electron chi connectivity index (χ3n) is 2.87. The summed E-state index contributed by atoms with van der Waals surface area (Å²) in [5, 5.41) is 12.5. The third-order valence-corrected chi connectivity index (χ3v) is 3.11. The molecular formula is C12H15ClN2O2. The second-order valence-corrected chi connectivity index (χ2v) is 4.69. The van der Waals surface area contributed by atoms with Crippen molar-refractivity contribution in [3.8, 4) is 0 Å². The number of hydrogen-bond donors (Lipinski definition) is 2. The molecule has 1 aliphatic rings. The summed E-state index contributed by atoms with van der Waals surface area (Å²) in [5.41, 5.74) is 2.02. The second kappa shape index (κ2) is 4.94. The lowest BCUT2D eigenvalue weighted by molar-refractivity contribution is -0.121. The number of aryl methyl sites for hydroxylation is 1. The van der Waals surface area contributed by atoms with Crippen molar-refractivity contribution in [2.24, 2.45) is 0 Å². The van der Waals surface area contributed by atoms with Crippen LogP contribution in [0.5, 0.6) is 0 Å². The highest BCUT2D eigenvalue weighted by atomic mass is 35.5. The molecule has 1 atom stereocenters. The minimum atomic E-state index is -0.213. The van der Waals surface area contributed by atoms with Crippen molar-refractivity contribution < 1.29 is 9.90 Å². The van der Waals surface area contributed by atoms with Crippen LogP contribution in [0.4, 0.5) is 5.69 Å². The number of hydrogen-bond acceptors (Lipinski definition) is 3. The van der Waals surface area contributed by atoms with Crippen molar-refractivity contribution in [3.63, 3.8) is 0 Å². The Balaban J connectivity index is 2.26. The van der Waals surface area contributed by atoms with Crippen molar-refractivity contribution in [2.75, 3.05) is 24.6 Å². The van der Waals surface area contributed by atoms with Crippen LogP contribution in [0.3, 0.4) is 0 Å². The summed E-state index contributed by atoms with van der Waals surface area (Å²) in [7, 11) is 0. The van der Waals surface area contributed by atoms with E-state index in [9.17, 15) is 4.79 Å². The first-order valence-electron chi connectivity index (χ1n) is 5.51. The number of halogens is 1. The molecule has 1 heterocycles. The van der Waals surface area contributed by atoms with Crippen LogP contribution in [0.2, 0.25) is 5.02 Å². The minimum Gasteiger partial charge on any atom is -0.394 e. The van der Waals surface area contributed by atoms with Gasteiger partial charge >= 0.3 is 0 Å². The fraction of sp³-hybridized carbons (Fsp3) is 0.417. The molecule has 1 aromatic rings. The first-order valence-corrected chi connectivity index (χ1v) is 5.89. The maximum Gasteiger partial charge on any atom is 0.239 e. The molecule has 0 aromatic heterocycles. The van der Waals surface area contributed by atoms with Crippen LogP contribution in [0.1, 0.15) is 5.56 Å². The molecule has 1 aliphatic heterocycles. The lowest BCUT2D eigenvalue weighted by atomic mass is 10.1. The molecule has 17 heavy (non-hydrogen) atoms. The first kappa shape index (κ1) is 12.2. The van der Waals surface area contributed by atoms with Gasteiger partial charge in [-0.2, -0.15) is 0 Å². The van der Waals surface area contributed by atoms with Gasteiger partial charge < -0.3 is 15.3 Å². The zero-order chi connectivity index (χ0) is 12.4. The molecule has 1 unspecified atom stereocenters. The van der Waals surface area contributed by atoms with Gasteiger partial charge in [-0.1, -0.05) is 17.7 Å². The van der Waals surface area contributed by atoms with Crippen molar-refractivity contribution >= 4 is 23.2 Å². The van der Waals surface area contributed by atoms with Crippen molar-refractivity contribution in [3.05, 3.63) is 28.8 Å². The summed E-state index contributed by atoms with van der Waals surface area (Å²) in [6.45, 7) is 2.83. The van der Waals surface area contributed by atoms with Crippen LogP contribution in [0.25, 0.3) is 0 Å².